The van der Waals surface area contributed by atoms with E-state index in [0.717, 1.165) is 0 Å². The maximum absolute atomic E-state index is 11.7. The number of nitro benzene ring substituents is 1. The molecule has 0 saturated heterocycles. The quantitative estimate of drug-likeness (QED) is 0.587. The largest absolute Gasteiger partial charge is 0.391 e. The lowest BCUT2D eigenvalue weighted by Crippen LogP contribution is -2.33. The highest BCUT2D eigenvalue weighted by Crippen LogP contribution is 2.13. The van der Waals surface area contributed by atoms with Crippen LogP contribution in [0.3, 0.4) is 0 Å². The number of non-ortho nitro benzene ring substituents is 1. The molecule has 0 heterocycles. The van der Waals surface area contributed by atoms with Gasteiger partial charge < -0.3 is 10.4 Å². The molecule has 1 atom stereocenters. The summed E-state index contributed by atoms with van der Waals surface area (Å²) in [5.41, 5.74) is 0.546. The summed E-state index contributed by atoms with van der Waals surface area (Å²) in [6, 6.07) is 5.98. The summed E-state index contributed by atoms with van der Waals surface area (Å²) in [5.74, 6) is 0.104. The number of nitrogens with zero attached hydrogens (tertiary/aromatic N) is 1. The van der Waals surface area contributed by atoms with Crippen LogP contribution in [-0.4, -0.2) is 28.6 Å². The van der Waals surface area contributed by atoms with Crippen molar-refractivity contribution >= 4 is 11.6 Å². The number of amides is 1. The van der Waals surface area contributed by atoms with Gasteiger partial charge in [-0.25, -0.2) is 0 Å². The molecule has 1 aromatic rings. The number of rotatable bonds is 7. The molecule has 0 aromatic heterocycles. The summed E-state index contributed by atoms with van der Waals surface area (Å²) < 4.78 is 0. The van der Waals surface area contributed by atoms with Crippen LogP contribution in [0.2, 0.25) is 0 Å². The van der Waals surface area contributed by atoms with Crippen LogP contribution < -0.4 is 5.32 Å². The van der Waals surface area contributed by atoms with Crippen LogP contribution in [0.25, 0.3) is 0 Å². The van der Waals surface area contributed by atoms with Gasteiger partial charge in [-0.05, 0) is 17.9 Å². The maximum Gasteiger partial charge on any atom is 0.269 e. The molecule has 110 valence electrons. The minimum absolute atomic E-state index is 0.0323. The fourth-order valence-electron chi connectivity index (χ4n) is 1.89. The van der Waals surface area contributed by atoms with E-state index in [2.05, 4.69) is 5.32 Å². The Morgan fingerprint density at radius 3 is 2.75 bits per heavy atom. The van der Waals surface area contributed by atoms with Crippen LogP contribution in [0.15, 0.2) is 24.3 Å². The van der Waals surface area contributed by atoms with Crippen molar-refractivity contribution in [1.29, 1.82) is 0 Å². The lowest BCUT2D eigenvalue weighted by molar-refractivity contribution is -0.384. The third-order valence-corrected chi connectivity index (χ3v) is 2.76. The second-order valence-electron chi connectivity index (χ2n) is 5.19. The van der Waals surface area contributed by atoms with Gasteiger partial charge in [-0.3, -0.25) is 14.9 Å². The zero-order valence-electron chi connectivity index (χ0n) is 11.7. The standard InChI is InChI=1S/C14H20N2O4/c1-10(2)6-13(17)9-15-14(18)8-11-4-3-5-12(7-11)16(19)20/h3-5,7,10,13,17H,6,8-9H2,1-2H3,(H,15,18)/t13-/m0/s1. The molecule has 20 heavy (non-hydrogen) atoms. The van der Waals surface area contributed by atoms with Gasteiger partial charge in [0.1, 0.15) is 0 Å². The second-order valence-corrected chi connectivity index (χ2v) is 5.19. The van der Waals surface area contributed by atoms with E-state index in [1.54, 1.807) is 12.1 Å². The molecule has 1 amide bonds. The van der Waals surface area contributed by atoms with E-state index in [9.17, 15) is 20.0 Å². The van der Waals surface area contributed by atoms with Crippen molar-refractivity contribution in [3.63, 3.8) is 0 Å². The molecule has 2 N–H and O–H groups in total. The average Bonchev–Trinajstić information content (AvgIpc) is 2.36. The Balaban J connectivity index is 2.46. The predicted octanol–water partition coefficient (Wildman–Crippen LogP) is 1.66. The van der Waals surface area contributed by atoms with Crippen LogP contribution in [0.5, 0.6) is 0 Å². The third-order valence-electron chi connectivity index (χ3n) is 2.76. The van der Waals surface area contributed by atoms with Crippen molar-refractivity contribution in [3.8, 4) is 0 Å². The number of aliphatic hydroxyl groups excluding tert-OH is 1. The Bertz CT molecular complexity index is 474. The highest BCUT2D eigenvalue weighted by Gasteiger charge is 2.11. The van der Waals surface area contributed by atoms with Gasteiger partial charge in [-0.1, -0.05) is 26.0 Å². The summed E-state index contributed by atoms with van der Waals surface area (Å²) in [6.45, 7) is 4.19. The molecule has 6 nitrogen and oxygen atoms in total. The summed E-state index contributed by atoms with van der Waals surface area (Å²) >= 11 is 0. The van der Waals surface area contributed by atoms with Gasteiger partial charge in [0.25, 0.3) is 5.69 Å². The van der Waals surface area contributed by atoms with E-state index in [0.29, 0.717) is 17.9 Å². The summed E-state index contributed by atoms with van der Waals surface area (Å²) in [7, 11) is 0. The fraction of sp³-hybridized carbons (Fsp3) is 0.500. The van der Waals surface area contributed by atoms with Crippen molar-refractivity contribution in [2.24, 2.45) is 5.92 Å². The molecule has 6 heteroatoms. The Kier molecular flexibility index (Phi) is 6.11. The van der Waals surface area contributed by atoms with Crippen molar-refractivity contribution in [2.75, 3.05) is 6.54 Å². The molecule has 0 aliphatic rings. The molecule has 0 saturated carbocycles. The van der Waals surface area contributed by atoms with E-state index in [1.165, 1.54) is 12.1 Å². The Labute approximate surface area is 118 Å². The van der Waals surface area contributed by atoms with Crippen LogP contribution >= 0.6 is 0 Å². The number of aliphatic hydroxyl groups is 1. The van der Waals surface area contributed by atoms with Gasteiger partial charge in [0.2, 0.25) is 5.91 Å². The predicted molar refractivity (Wildman–Crippen MR) is 75.3 cm³/mol. The molecule has 0 spiro atoms. The van der Waals surface area contributed by atoms with Crippen LogP contribution in [0, 0.1) is 16.0 Å². The van der Waals surface area contributed by atoms with E-state index in [4.69, 9.17) is 0 Å². The molecular formula is C14H20N2O4. The normalized spacial score (nSPS) is 12.2. The molecule has 1 aromatic carbocycles. The zero-order chi connectivity index (χ0) is 15.1. The lowest BCUT2D eigenvalue weighted by Gasteiger charge is -2.13. The molecule has 0 fully saturated rings. The summed E-state index contributed by atoms with van der Waals surface area (Å²) in [6.07, 6.45) is 0.122. The Hall–Kier alpha value is -1.95. The first-order valence-corrected chi connectivity index (χ1v) is 6.56. The first-order valence-electron chi connectivity index (χ1n) is 6.56. The third kappa shape index (κ3) is 5.79. The van der Waals surface area contributed by atoms with Crippen molar-refractivity contribution < 1.29 is 14.8 Å². The SMILES string of the molecule is CC(C)C[C@H](O)CNC(=O)Cc1cccc([N+](=O)[O-])c1. The van der Waals surface area contributed by atoms with Gasteiger partial charge in [0, 0.05) is 18.7 Å². The van der Waals surface area contributed by atoms with Gasteiger partial charge in [-0.15, -0.1) is 0 Å². The van der Waals surface area contributed by atoms with Gasteiger partial charge >= 0.3 is 0 Å². The minimum Gasteiger partial charge on any atom is -0.391 e. The molecule has 0 radical (unpaired) electrons. The molecule has 0 aliphatic heterocycles. The van der Waals surface area contributed by atoms with Crippen molar-refractivity contribution in [3.05, 3.63) is 39.9 Å². The number of hydrogen-bond acceptors (Lipinski definition) is 4. The monoisotopic (exact) mass is 280 g/mol. The average molecular weight is 280 g/mol. The highest BCUT2D eigenvalue weighted by molar-refractivity contribution is 5.78. The number of nitro groups is 1. The molecule has 0 unspecified atom stereocenters. The molecule has 1 rings (SSSR count). The molecule has 0 bridgehead atoms. The van der Waals surface area contributed by atoms with E-state index in [1.807, 2.05) is 13.8 Å². The lowest BCUT2D eigenvalue weighted by atomic mass is 10.1. The number of hydrogen-bond donors (Lipinski definition) is 2. The van der Waals surface area contributed by atoms with Crippen LogP contribution in [-0.2, 0) is 11.2 Å². The van der Waals surface area contributed by atoms with Crippen LogP contribution in [0.1, 0.15) is 25.8 Å². The van der Waals surface area contributed by atoms with Crippen LogP contribution in [0.4, 0.5) is 5.69 Å². The first kappa shape index (κ1) is 16.1. The smallest absolute Gasteiger partial charge is 0.269 e. The topological polar surface area (TPSA) is 92.5 Å². The maximum atomic E-state index is 11.7. The fourth-order valence-corrected chi connectivity index (χ4v) is 1.89. The Morgan fingerprint density at radius 2 is 2.15 bits per heavy atom. The number of benzene rings is 1. The highest BCUT2D eigenvalue weighted by atomic mass is 16.6. The van der Waals surface area contributed by atoms with E-state index < -0.39 is 11.0 Å². The van der Waals surface area contributed by atoms with E-state index in [-0.39, 0.29) is 24.6 Å². The minimum atomic E-state index is -0.566. The number of carbonyl (C=O) groups excluding carboxylic acids is 1. The van der Waals surface area contributed by atoms with Gasteiger partial charge in [0.05, 0.1) is 17.4 Å². The number of carbonyl (C=O) groups is 1. The number of nitrogens with one attached hydrogen (secondary N) is 1. The first-order chi connectivity index (χ1) is 9.38. The molecule has 0 aliphatic carbocycles. The van der Waals surface area contributed by atoms with Gasteiger partial charge in [0.15, 0.2) is 0 Å². The van der Waals surface area contributed by atoms with E-state index >= 15 is 0 Å². The Morgan fingerprint density at radius 1 is 1.45 bits per heavy atom. The second kappa shape index (κ2) is 7.59. The van der Waals surface area contributed by atoms with Gasteiger partial charge in [-0.2, -0.15) is 0 Å². The van der Waals surface area contributed by atoms with Crippen molar-refractivity contribution in [2.45, 2.75) is 32.8 Å². The summed E-state index contributed by atoms with van der Waals surface area (Å²) in [4.78, 5) is 21.8. The van der Waals surface area contributed by atoms with Crippen molar-refractivity contribution in [1.82, 2.24) is 5.32 Å². The molecular weight excluding hydrogens is 260 g/mol. The summed E-state index contributed by atoms with van der Waals surface area (Å²) in [5, 5.41) is 22.9. The zero-order valence-corrected chi connectivity index (χ0v) is 11.7.